The van der Waals surface area contributed by atoms with Crippen molar-refractivity contribution in [3.63, 3.8) is 0 Å². The summed E-state index contributed by atoms with van der Waals surface area (Å²) in [6, 6.07) is 0. The van der Waals surface area contributed by atoms with Crippen molar-refractivity contribution < 1.29 is 10.0 Å². The predicted octanol–water partition coefficient (Wildman–Crippen LogP) is 1.60. The van der Waals surface area contributed by atoms with Crippen LogP contribution < -0.4 is 11.1 Å². The lowest BCUT2D eigenvalue weighted by Gasteiger charge is -2.21. The maximum absolute atomic E-state index is 11.1. The van der Waals surface area contributed by atoms with E-state index >= 15 is 0 Å². The number of carbonyl (C=O) groups is 1. The van der Waals surface area contributed by atoms with E-state index in [-0.39, 0.29) is 5.84 Å². The van der Waals surface area contributed by atoms with Crippen molar-refractivity contribution >= 4 is 11.7 Å². The Morgan fingerprint density at radius 3 is 2.65 bits per heavy atom. The van der Waals surface area contributed by atoms with Gasteiger partial charge in [-0.3, -0.25) is 4.79 Å². The molecule has 5 heteroatoms. The molecule has 0 aromatic heterocycles. The van der Waals surface area contributed by atoms with Gasteiger partial charge in [-0.1, -0.05) is 50.1 Å². The van der Waals surface area contributed by atoms with Crippen LogP contribution in [0.1, 0.15) is 51.4 Å². The molecule has 0 bridgehead atoms. The molecular formula is C12H23N3O2. The van der Waals surface area contributed by atoms with Crippen molar-refractivity contribution in [2.24, 2.45) is 16.8 Å². The molecule has 1 saturated carbocycles. The number of nitrogens with two attached hydrogens (primary N) is 1. The Morgan fingerprint density at radius 1 is 1.29 bits per heavy atom. The van der Waals surface area contributed by atoms with Crippen LogP contribution in [-0.4, -0.2) is 23.5 Å². The molecule has 4 N–H and O–H groups in total. The van der Waals surface area contributed by atoms with Crippen LogP contribution in [0, 0.1) is 5.92 Å². The third kappa shape index (κ3) is 5.56. The highest BCUT2D eigenvalue weighted by Gasteiger charge is 2.12. The lowest BCUT2D eigenvalue weighted by molar-refractivity contribution is -0.115. The van der Waals surface area contributed by atoms with Crippen molar-refractivity contribution in [3.8, 4) is 0 Å². The van der Waals surface area contributed by atoms with E-state index < -0.39 is 5.91 Å². The number of hydrogen-bond acceptors (Lipinski definition) is 3. The van der Waals surface area contributed by atoms with Crippen molar-refractivity contribution in [2.75, 3.05) is 6.54 Å². The highest BCUT2D eigenvalue weighted by molar-refractivity contribution is 6.36. The zero-order valence-corrected chi connectivity index (χ0v) is 10.3. The molecule has 1 aliphatic carbocycles. The molecular weight excluding hydrogens is 218 g/mol. The van der Waals surface area contributed by atoms with Crippen LogP contribution in [0.25, 0.3) is 0 Å². The Kier molecular flexibility index (Phi) is 6.43. The molecule has 0 radical (unpaired) electrons. The molecule has 1 fully saturated rings. The van der Waals surface area contributed by atoms with E-state index in [0.29, 0.717) is 6.54 Å². The molecule has 0 spiro atoms. The first-order valence-electron chi connectivity index (χ1n) is 6.49. The van der Waals surface area contributed by atoms with Gasteiger partial charge in [-0.15, -0.1) is 0 Å². The topological polar surface area (TPSA) is 87.7 Å². The van der Waals surface area contributed by atoms with E-state index in [9.17, 15) is 4.79 Å². The number of oxime groups is 1. The maximum Gasteiger partial charge on any atom is 0.289 e. The summed E-state index contributed by atoms with van der Waals surface area (Å²) in [4.78, 5) is 11.1. The molecule has 5 nitrogen and oxygen atoms in total. The van der Waals surface area contributed by atoms with E-state index in [2.05, 4.69) is 10.5 Å². The molecule has 1 amide bonds. The van der Waals surface area contributed by atoms with Crippen LogP contribution in [0.2, 0.25) is 0 Å². The minimum Gasteiger partial charge on any atom is -0.409 e. The van der Waals surface area contributed by atoms with E-state index in [1.165, 1.54) is 38.5 Å². The second-order valence-electron chi connectivity index (χ2n) is 4.74. The summed E-state index contributed by atoms with van der Waals surface area (Å²) in [6.45, 7) is 0.599. The molecule has 17 heavy (non-hydrogen) atoms. The lowest BCUT2D eigenvalue weighted by atomic mass is 9.86. The monoisotopic (exact) mass is 241 g/mol. The third-order valence-corrected chi connectivity index (χ3v) is 3.39. The number of unbranched alkanes of at least 4 members (excludes halogenated alkanes) is 1. The second-order valence-corrected chi connectivity index (χ2v) is 4.74. The molecule has 98 valence electrons. The third-order valence-electron chi connectivity index (χ3n) is 3.39. The number of rotatable bonds is 5. The summed E-state index contributed by atoms with van der Waals surface area (Å²) >= 11 is 0. The van der Waals surface area contributed by atoms with Crippen LogP contribution in [0.5, 0.6) is 0 Å². The van der Waals surface area contributed by atoms with Crippen molar-refractivity contribution in [1.29, 1.82) is 0 Å². The average molecular weight is 241 g/mol. The van der Waals surface area contributed by atoms with Gasteiger partial charge >= 0.3 is 0 Å². The largest absolute Gasteiger partial charge is 0.409 e. The molecule has 0 aliphatic heterocycles. The molecule has 1 rings (SSSR count). The highest BCUT2D eigenvalue weighted by atomic mass is 16.4. The van der Waals surface area contributed by atoms with E-state index in [1.54, 1.807) is 0 Å². The molecule has 0 saturated heterocycles. The van der Waals surface area contributed by atoms with E-state index in [0.717, 1.165) is 18.8 Å². The molecule has 0 atom stereocenters. The first-order valence-corrected chi connectivity index (χ1v) is 6.49. The Hall–Kier alpha value is -1.26. The van der Waals surface area contributed by atoms with Gasteiger partial charge in [0.05, 0.1) is 0 Å². The SMILES string of the molecule is N/C(=N/O)C(=O)NCCCCC1CCCCC1. The van der Waals surface area contributed by atoms with Gasteiger partial charge in [0.25, 0.3) is 5.91 Å². The molecule has 1 aliphatic rings. The first kappa shape index (κ1) is 13.8. The van der Waals surface area contributed by atoms with Gasteiger partial charge < -0.3 is 16.3 Å². The zero-order chi connectivity index (χ0) is 12.5. The molecule has 0 unspecified atom stereocenters. The van der Waals surface area contributed by atoms with Crippen LogP contribution in [0.3, 0.4) is 0 Å². The minimum atomic E-state index is -0.495. The Balaban J connectivity index is 1.98. The van der Waals surface area contributed by atoms with Gasteiger partial charge in [0, 0.05) is 6.54 Å². The van der Waals surface area contributed by atoms with Gasteiger partial charge in [-0.2, -0.15) is 0 Å². The number of nitrogens with zero attached hydrogens (tertiary/aromatic N) is 1. The normalized spacial score (nSPS) is 18.0. The highest BCUT2D eigenvalue weighted by Crippen LogP contribution is 2.27. The summed E-state index contributed by atoms with van der Waals surface area (Å²) in [5, 5.41) is 13.5. The van der Waals surface area contributed by atoms with E-state index in [4.69, 9.17) is 10.9 Å². The van der Waals surface area contributed by atoms with Gasteiger partial charge in [0.15, 0.2) is 0 Å². The van der Waals surface area contributed by atoms with Crippen molar-refractivity contribution in [1.82, 2.24) is 5.32 Å². The van der Waals surface area contributed by atoms with Gasteiger partial charge in [-0.25, -0.2) is 0 Å². The fraction of sp³-hybridized carbons (Fsp3) is 0.833. The van der Waals surface area contributed by atoms with Crippen molar-refractivity contribution in [3.05, 3.63) is 0 Å². The molecule has 0 aromatic carbocycles. The fourth-order valence-corrected chi connectivity index (χ4v) is 2.37. The lowest BCUT2D eigenvalue weighted by Crippen LogP contribution is -2.36. The summed E-state index contributed by atoms with van der Waals surface area (Å²) < 4.78 is 0. The summed E-state index contributed by atoms with van der Waals surface area (Å²) in [5.41, 5.74) is 5.14. The average Bonchev–Trinajstić information content (AvgIpc) is 2.38. The van der Waals surface area contributed by atoms with Crippen LogP contribution >= 0.6 is 0 Å². The van der Waals surface area contributed by atoms with Gasteiger partial charge in [0.1, 0.15) is 0 Å². The van der Waals surface area contributed by atoms with Gasteiger partial charge in [0.2, 0.25) is 5.84 Å². The summed E-state index contributed by atoms with van der Waals surface area (Å²) in [7, 11) is 0. The van der Waals surface area contributed by atoms with Crippen LogP contribution in [0.15, 0.2) is 5.16 Å². The molecule has 0 heterocycles. The smallest absolute Gasteiger partial charge is 0.289 e. The first-order chi connectivity index (χ1) is 8.24. The van der Waals surface area contributed by atoms with Gasteiger partial charge in [-0.05, 0) is 12.3 Å². The second kappa shape index (κ2) is 7.92. The van der Waals surface area contributed by atoms with E-state index in [1.807, 2.05) is 0 Å². The fourth-order valence-electron chi connectivity index (χ4n) is 2.37. The van der Waals surface area contributed by atoms with Crippen molar-refractivity contribution in [2.45, 2.75) is 51.4 Å². The Labute approximate surface area is 102 Å². The standard InChI is InChI=1S/C12H23N3O2/c13-11(15-17)12(16)14-9-5-4-8-10-6-2-1-3-7-10/h10,17H,1-9H2,(H2,13,15)(H,14,16). The predicted molar refractivity (Wildman–Crippen MR) is 66.8 cm³/mol. The number of amidine groups is 1. The number of nitrogens with one attached hydrogen (secondary N) is 1. The molecule has 0 aromatic rings. The maximum atomic E-state index is 11.1. The number of carbonyl (C=O) groups excluding carboxylic acids is 1. The zero-order valence-electron chi connectivity index (χ0n) is 10.3. The number of amides is 1. The minimum absolute atomic E-state index is 0.378. The summed E-state index contributed by atoms with van der Waals surface area (Å²) in [6.07, 6.45) is 10.3. The number of hydrogen-bond donors (Lipinski definition) is 3. The van der Waals surface area contributed by atoms with Crippen LogP contribution in [0.4, 0.5) is 0 Å². The Bertz CT molecular complexity index is 260. The quantitative estimate of drug-likeness (QED) is 0.224. The van der Waals surface area contributed by atoms with Crippen LogP contribution in [-0.2, 0) is 4.79 Å². The summed E-state index contributed by atoms with van der Waals surface area (Å²) in [5.74, 6) is 0.0194. The Morgan fingerprint density at radius 2 is 2.00 bits per heavy atom.